The summed E-state index contributed by atoms with van der Waals surface area (Å²) >= 11 is 5.13. The van der Waals surface area contributed by atoms with E-state index in [1.54, 1.807) is 4.90 Å². The Labute approximate surface area is 94.1 Å². The fraction of sp³-hybridized carbons (Fsp3) is 0.273. The molecular weight excluding hydrogens is 208 g/mol. The summed E-state index contributed by atoms with van der Waals surface area (Å²) in [4.78, 5) is 13.4. The highest BCUT2D eigenvalue weighted by Gasteiger charge is 2.33. The second kappa shape index (κ2) is 3.62. The van der Waals surface area contributed by atoms with Gasteiger partial charge in [-0.05, 0) is 37.7 Å². The molecule has 1 heterocycles. The van der Waals surface area contributed by atoms with E-state index in [0.29, 0.717) is 5.11 Å². The Morgan fingerprint density at radius 2 is 2.07 bits per heavy atom. The molecule has 0 bridgehead atoms. The zero-order chi connectivity index (χ0) is 11.0. The Bertz CT molecular complexity index is 430. The number of carbonyl (C=O) groups excluding carboxylic acids is 1. The zero-order valence-electron chi connectivity index (χ0n) is 8.65. The van der Waals surface area contributed by atoms with Gasteiger partial charge < -0.3 is 5.32 Å². The molecule has 1 aromatic rings. The van der Waals surface area contributed by atoms with E-state index in [4.69, 9.17) is 12.2 Å². The van der Waals surface area contributed by atoms with E-state index in [0.717, 1.165) is 11.3 Å². The summed E-state index contributed by atoms with van der Waals surface area (Å²) in [6.07, 6.45) is 0. The number of amides is 1. The molecule has 2 rings (SSSR count). The number of hydrogen-bond donors (Lipinski definition) is 1. The van der Waals surface area contributed by atoms with Gasteiger partial charge in [0.15, 0.2) is 5.11 Å². The predicted octanol–water partition coefficient (Wildman–Crippen LogP) is 1.60. The van der Waals surface area contributed by atoms with Gasteiger partial charge in [-0.15, -0.1) is 0 Å². The van der Waals surface area contributed by atoms with Crippen molar-refractivity contribution in [2.75, 3.05) is 4.90 Å². The fourth-order valence-corrected chi connectivity index (χ4v) is 2.01. The third-order valence-electron chi connectivity index (χ3n) is 2.49. The van der Waals surface area contributed by atoms with Crippen LogP contribution in [0.3, 0.4) is 0 Å². The minimum atomic E-state index is -0.225. The molecule has 0 unspecified atom stereocenters. The number of aryl methyl sites for hydroxylation is 1. The van der Waals surface area contributed by atoms with E-state index in [1.165, 1.54) is 0 Å². The third-order valence-corrected chi connectivity index (χ3v) is 2.79. The number of para-hydroxylation sites is 1. The quantitative estimate of drug-likeness (QED) is 0.730. The maximum absolute atomic E-state index is 11.8. The molecule has 1 saturated heterocycles. The van der Waals surface area contributed by atoms with Gasteiger partial charge in [0.2, 0.25) is 0 Å². The molecular formula is C11H12N2OS. The second-order valence-corrected chi connectivity index (χ2v) is 4.02. The van der Waals surface area contributed by atoms with Crippen molar-refractivity contribution < 1.29 is 4.79 Å². The van der Waals surface area contributed by atoms with Crippen molar-refractivity contribution in [3.63, 3.8) is 0 Å². The van der Waals surface area contributed by atoms with Crippen molar-refractivity contribution in [1.29, 1.82) is 0 Å². The molecule has 1 atom stereocenters. The highest BCUT2D eigenvalue weighted by Crippen LogP contribution is 2.23. The van der Waals surface area contributed by atoms with Crippen molar-refractivity contribution in [1.82, 2.24) is 5.32 Å². The van der Waals surface area contributed by atoms with Crippen molar-refractivity contribution in [3.05, 3.63) is 29.8 Å². The molecule has 0 aromatic heterocycles. The predicted molar refractivity (Wildman–Crippen MR) is 63.9 cm³/mol. The minimum Gasteiger partial charge on any atom is -0.350 e. The molecule has 0 spiro atoms. The molecule has 1 fully saturated rings. The summed E-state index contributed by atoms with van der Waals surface area (Å²) in [5, 5.41) is 3.44. The molecule has 0 radical (unpaired) electrons. The molecule has 15 heavy (non-hydrogen) atoms. The van der Waals surface area contributed by atoms with Gasteiger partial charge >= 0.3 is 0 Å². The Morgan fingerprint density at radius 1 is 1.40 bits per heavy atom. The van der Waals surface area contributed by atoms with E-state index in [9.17, 15) is 4.79 Å². The summed E-state index contributed by atoms with van der Waals surface area (Å²) in [5.74, 6) is 0.00861. The van der Waals surface area contributed by atoms with Crippen LogP contribution in [0.25, 0.3) is 0 Å². The number of anilines is 1. The van der Waals surface area contributed by atoms with Crippen LogP contribution < -0.4 is 10.2 Å². The number of thiocarbonyl (C=S) groups is 1. The van der Waals surface area contributed by atoms with E-state index >= 15 is 0 Å². The monoisotopic (exact) mass is 220 g/mol. The van der Waals surface area contributed by atoms with Crippen molar-refractivity contribution in [2.45, 2.75) is 19.9 Å². The number of nitrogens with one attached hydrogen (secondary N) is 1. The molecule has 1 aliphatic heterocycles. The molecule has 4 heteroatoms. The highest BCUT2D eigenvalue weighted by molar-refractivity contribution is 7.80. The van der Waals surface area contributed by atoms with Crippen LogP contribution in [-0.2, 0) is 4.79 Å². The second-order valence-electron chi connectivity index (χ2n) is 3.63. The first-order valence-corrected chi connectivity index (χ1v) is 5.22. The summed E-state index contributed by atoms with van der Waals surface area (Å²) in [7, 11) is 0. The lowest BCUT2D eigenvalue weighted by molar-refractivity contribution is -0.117. The van der Waals surface area contributed by atoms with Gasteiger partial charge in [0, 0.05) is 0 Å². The normalized spacial score (nSPS) is 20.7. The van der Waals surface area contributed by atoms with Gasteiger partial charge in [-0.2, -0.15) is 0 Å². The number of rotatable bonds is 1. The minimum absolute atomic E-state index is 0.00861. The Kier molecular flexibility index (Phi) is 2.44. The topological polar surface area (TPSA) is 32.3 Å². The van der Waals surface area contributed by atoms with Gasteiger partial charge in [0.25, 0.3) is 5.91 Å². The van der Waals surface area contributed by atoms with E-state index in [1.807, 2.05) is 38.1 Å². The largest absolute Gasteiger partial charge is 0.350 e. The van der Waals surface area contributed by atoms with Crippen LogP contribution in [0.5, 0.6) is 0 Å². The van der Waals surface area contributed by atoms with Crippen LogP contribution in [-0.4, -0.2) is 17.1 Å². The maximum atomic E-state index is 11.8. The number of nitrogens with zero attached hydrogens (tertiary/aromatic N) is 1. The average molecular weight is 220 g/mol. The molecule has 1 aliphatic rings. The number of benzene rings is 1. The first-order valence-electron chi connectivity index (χ1n) is 4.81. The molecule has 78 valence electrons. The Morgan fingerprint density at radius 3 is 2.60 bits per heavy atom. The van der Waals surface area contributed by atoms with Crippen LogP contribution in [0.15, 0.2) is 24.3 Å². The Balaban J connectivity index is 2.44. The lowest BCUT2D eigenvalue weighted by Crippen LogP contribution is -2.31. The lowest BCUT2D eigenvalue weighted by Gasteiger charge is -2.16. The Hall–Kier alpha value is -1.42. The van der Waals surface area contributed by atoms with Gasteiger partial charge in [-0.3, -0.25) is 9.69 Å². The van der Waals surface area contributed by atoms with Crippen LogP contribution in [0, 0.1) is 6.92 Å². The SMILES string of the molecule is Cc1ccccc1N1C(=O)[C@@H](C)NC1=S. The van der Waals surface area contributed by atoms with Crippen LogP contribution in [0.2, 0.25) is 0 Å². The maximum Gasteiger partial charge on any atom is 0.255 e. The molecule has 1 amide bonds. The number of hydrogen-bond acceptors (Lipinski definition) is 2. The van der Waals surface area contributed by atoms with Gasteiger partial charge in [0.1, 0.15) is 6.04 Å². The standard InChI is InChI=1S/C11H12N2OS/c1-7-5-3-4-6-9(7)13-10(14)8(2)12-11(13)15/h3-6,8H,1-2H3,(H,12,15)/t8-/m1/s1. The first kappa shape index (κ1) is 10.1. The number of carbonyl (C=O) groups is 1. The summed E-state index contributed by atoms with van der Waals surface area (Å²) in [6.45, 7) is 3.78. The van der Waals surface area contributed by atoms with Crippen molar-refractivity contribution in [2.24, 2.45) is 0 Å². The molecule has 1 aromatic carbocycles. The van der Waals surface area contributed by atoms with Crippen LogP contribution >= 0.6 is 12.2 Å². The molecule has 3 nitrogen and oxygen atoms in total. The average Bonchev–Trinajstić information content (AvgIpc) is 2.43. The molecule has 1 N–H and O–H groups in total. The summed E-state index contributed by atoms with van der Waals surface area (Å²) in [6, 6.07) is 7.49. The lowest BCUT2D eigenvalue weighted by atomic mass is 10.2. The molecule has 0 saturated carbocycles. The summed E-state index contributed by atoms with van der Waals surface area (Å²) in [5.41, 5.74) is 1.91. The van der Waals surface area contributed by atoms with E-state index in [-0.39, 0.29) is 11.9 Å². The smallest absolute Gasteiger partial charge is 0.255 e. The van der Waals surface area contributed by atoms with Crippen molar-refractivity contribution >= 4 is 28.9 Å². The summed E-state index contributed by atoms with van der Waals surface area (Å²) < 4.78 is 0. The van der Waals surface area contributed by atoms with Gasteiger partial charge in [-0.25, -0.2) is 0 Å². The first-order chi connectivity index (χ1) is 7.11. The van der Waals surface area contributed by atoms with E-state index < -0.39 is 0 Å². The molecule has 0 aliphatic carbocycles. The third kappa shape index (κ3) is 1.61. The van der Waals surface area contributed by atoms with Gasteiger partial charge in [0.05, 0.1) is 5.69 Å². The van der Waals surface area contributed by atoms with E-state index in [2.05, 4.69) is 5.32 Å². The van der Waals surface area contributed by atoms with Crippen molar-refractivity contribution in [3.8, 4) is 0 Å². The van der Waals surface area contributed by atoms with Crippen LogP contribution in [0.4, 0.5) is 5.69 Å². The van der Waals surface area contributed by atoms with Gasteiger partial charge in [-0.1, -0.05) is 18.2 Å². The zero-order valence-corrected chi connectivity index (χ0v) is 9.47. The fourth-order valence-electron chi connectivity index (χ4n) is 1.65. The van der Waals surface area contributed by atoms with Crippen LogP contribution in [0.1, 0.15) is 12.5 Å². The highest BCUT2D eigenvalue weighted by atomic mass is 32.1.